The first-order chi connectivity index (χ1) is 12.2. The normalized spacial score (nSPS) is 22.1. The number of hydrogen-bond donors (Lipinski definition) is 0. The lowest BCUT2D eigenvalue weighted by Crippen LogP contribution is -2.42. The van der Waals surface area contributed by atoms with Crippen molar-refractivity contribution in [2.45, 2.75) is 26.3 Å². The summed E-state index contributed by atoms with van der Waals surface area (Å²) >= 11 is 1.39. The van der Waals surface area contributed by atoms with E-state index in [0.717, 1.165) is 22.6 Å². The highest BCUT2D eigenvalue weighted by Gasteiger charge is 2.32. The third-order valence-electron chi connectivity index (χ3n) is 5.05. The smallest absolute Gasteiger partial charge is 0.266 e. The molecule has 0 bridgehead atoms. The van der Waals surface area contributed by atoms with Crippen LogP contribution in [0.4, 0.5) is 5.69 Å². The zero-order valence-corrected chi connectivity index (χ0v) is 17.2. The van der Waals surface area contributed by atoms with E-state index in [1.54, 1.807) is 26.1 Å². The third-order valence-corrected chi connectivity index (χ3v) is 6.20. The van der Waals surface area contributed by atoms with Crippen molar-refractivity contribution >= 4 is 40.2 Å². The minimum Gasteiger partial charge on any atom is -0.496 e. The van der Waals surface area contributed by atoms with Crippen molar-refractivity contribution in [1.82, 2.24) is 4.90 Å². The number of benzene rings is 1. The molecule has 2 aliphatic rings. The molecule has 0 N–H and O–H groups in total. The Labute approximate surface area is 159 Å². The number of amidine groups is 1. The highest BCUT2D eigenvalue weighted by atomic mass is 32.2. The van der Waals surface area contributed by atoms with Gasteiger partial charge in [0.25, 0.3) is 5.91 Å². The first-order valence-corrected chi connectivity index (χ1v) is 9.31. The fraction of sp³-hybridized carbons (Fsp3) is 0.400. The zero-order chi connectivity index (χ0) is 19.2. The largest absolute Gasteiger partial charge is 0.496 e. The molecule has 138 valence electrons. The van der Waals surface area contributed by atoms with Crippen LogP contribution >= 0.6 is 11.8 Å². The summed E-state index contributed by atoms with van der Waals surface area (Å²) in [6.07, 6.45) is 4.16. The van der Waals surface area contributed by atoms with Gasteiger partial charge in [-0.05, 0) is 50.2 Å². The number of thioether (sulfide) groups is 1. The average molecular weight is 372 g/mol. The number of methoxy groups -OCH3 is 1. The predicted molar refractivity (Wildman–Crippen MR) is 111 cm³/mol. The summed E-state index contributed by atoms with van der Waals surface area (Å²) in [5, 5.41) is 0.704. The molecule has 2 heterocycles. The second-order valence-corrected chi connectivity index (χ2v) is 8.14. The Morgan fingerprint density at radius 2 is 1.96 bits per heavy atom. The van der Waals surface area contributed by atoms with Crippen LogP contribution in [0.1, 0.15) is 31.9 Å². The lowest BCUT2D eigenvalue weighted by molar-refractivity contribution is -0.121. The number of carbonyl (C=O) groups is 1. The minimum atomic E-state index is -0.0610. The summed E-state index contributed by atoms with van der Waals surface area (Å²) in [4.78, 5) is 21.1. The van der Waals surface area contributed by atoms with Gasteiger partial charge in [-0.1, -0.05) is 6.08 Å². The quantitative estimate of drug-likeness (QED) is 0.741. The van der Waals surface area contributed by atoms with E-state index in [-0.39, 0.29) is 11.4 Å². The van der Waals surface area contributed by atoms with Crippen LogP contribution in [-0.4, -0.2) is 49.8 Å². The average Bonchev–Trinajstić information content (AvgIpc) is 2.87. The molecule has 0 unspecified atom stereocenters. The summed E-state index contributed by atoms with van der Waals surface area (Å²) in [6.45, 7) is 6.51. The minimum absolute atomic E-state index is 0.0408. The van der Waals surface area contributed by atoms with Gasteiger partial charge in [0.05, 0.1) is 17.6 Å². The third kappa shape index (κ3) is 2.92. The molecule has 1 aromatic rings. The molecule has 0 radical (unpaired) electrons. The summed E-state index contributed by atoms with van der Waals surface area (Å²) in [5.74, 6) is 0.715. The Kier molecular flexibility index (Phi) is 4.65. The summed E-state index contributed by atoms with van der Waals surface area (Å²) in [7, 11) is 7.19. The molecule has 1 fully saturated rings. The van der Waals surface area contributed by atoms with Crippen LogP contribution in [0.15, 0.2) is 28.1 Å². The first-order valence-electron chi connectivity index (χ1n) is 8.49. The molecule has 6 heteroatoms. The monoisotopic (exact) mass is 371 g/mol. The highest BCUT2D eigenvalue weighted by Crippen LogP contribution is 2.42. The maximum Gasteiger partial charge on any atom is 0.266 e. The number of amides is 1. The van der Waals surface area contributed by atoms with Crippen molar-refractivity contribution < 1.29 is 9.53 Å². The number of likely N-dealkylation sites (N-methyl/N-ethyl adjacent to an activating group) is 2. The molecule has 0 atom stereocenters. The van der Waals surface area contributed by atoms with E-state index >= 15 is 0 Å². The van der Waals surface area contributed by atoms with Gasteiger partial charge in [0.2, 0.25) is 0 Å². The number of nitrogens with zero attached hydrogens (tertiary/aromatic N) is 3. The van der Waals surface area contributed by atoms with Gasteiger partial charge in [-0.15, -0.1) is 0 Å². The number of allylic oxidation sites excluding steroid dienone is 1. The number of carbonyl (C=O) groups excluding carboxylic acids is 1. The van der Waals surface area contributed by atoms with Crippen molar-refractivity contribution in [3.8, 4) is 5.75 Å². The molecular weight excluding hydrogens is 346 g/mol. The summed E-state index contributed by atoms with van der Waals surface area (Å²) in [6, 6.07) is 4.16. The molecular formula is C20H25N3O2S. The standard InChI is InChI=1S/C20H25N3O2S/c1-12-11-20(2,3)23(6)15-10-16(25-7)13(8-14(12)15)9-17-18(24)22(5)19(21-4)26-17/h8-11H,1-7H3/b17-9+,21-19?. The van der Waals surface area contributed by atoms with Crippen LogP contribution in [0.3, 0.4) is 0 Å². The van der Waals surface area contributed by atoms with E-state index in [1.165, 1.54) is 17.3 Å². The van der Waals surface area contributed by atoms with Crippen molar-refractivity contribution in [3.05, 3.63) is 34.2 Å². The van der Waals surface area contributed by atoms with E-state index in [9.17, 15) is 4.79 Å². The lowest BCUT2D eigenvalue weighted by Gasteiger charge is -2.41. The molecule has 2 aliphatic heterocycles. The molecule has 1 saturated heterocycles. The number of ether oxygens (including phenoxy) is 1. The molecule has 1 amide bonds. The van der Waals surface area contributed by atoms with Crippen LogP contribution < -0.4 is 9.64 Å². The molecule has 5 nitrogen and oxygen atoms in total. The van der Waals surface area contributed by atoms with Gasteiger partial charge < -0.3 is 9.64 Å². The second kappa shape index (κ2) is 6.50. The summed E-state index contributed by atoms with van der Waals surface area (Å²) in [5.41, 5.74) is 4.35. The fourth-order valence-corrected chi connectivity index (χ4v) is 4.29. The van der Waals surface area contributed by atoms with Crippen molar-refractivity contribution in [2.24, 2.45) is 4.99 Å². The number of fused-ring (bicyclic) bond motifs is 1. The molecule has 26 heavy (non-hydrogen) atoms. The number of hydrogen-bond acceptors (Lipinski definition) is 5. The van der Waals surface area contributed by atoms with Gasteiger partial charge in [-0.25, -0.2) is 0 Å². The van der Waals surface area contributed by atoms with Gasteiger partial charge in [-0.2, -0.15) is 0 Å². The number of rotatable bonds is 2. The van der Waals surface area contributed by atoms with E-state index in [4.69, 9.17) is 4.74 Å². The molecule has 0 aromatic heterocycles. The Morgan fingerprint density at radius 1 is 1.27 bits per heavy atom. The SMILES string of the molecule is CN=C1S/C(=C/c2cc3c(cc2OC)N(C)C(C)(C)C=C3C)C(=O)N1C. The maximum absolute atomic E-state index is 12.5. The van der Waals surface area contributed by atoms with Gasteiger partial charge in [-0.3, -0.25) is 14.7 Å². The van der Waals surface area contributed by atoms with Crippen LogP contribution in [0.5, 0.6) is 5.75 Å². The zero-order valence-electron chi connectivity index (χ0n) is 16.4. The lowest BCUT2D eigenvalue weighted by atomic mass is 9.88. The summed E-state index contributed by atoms with van der Waals surface area (Å²) < 4.78 is 5.63. The molecule has 0 spiro atoms. The van der Waals surface area contributed by atoms with Crippen molar-refractivity contribution in [3.63, 3.8) is 0 Å². The Morgan fingerprint density at radius 3 is 2.54 bits per heavy atom. The van der Waals surface area contributed by atoms with Crippen molar-refractivity contribution in [2.75, 3.05) is 33.2 Å². The van der Waals surface area contributed by atoms with Crippen LogP contribution in [0.2, 0.25) is 0 Å². The molecule has 0 saturated carbocycles. The predicted octanol–water partition coefficient (Wildman–Crippen LogP) is 3.86. The topological polar surface area (TPSA) is 45.1 Å². The van der Waals surface area contributed by atoms with Gasteiger partial charge in [0.15, 0.2) is 5.17 Å². The number of aliphatic imine (C=N–C) groups is 1. The highest BCUT2D eigenvalue weighted by molar-refractivity contribution is 8.18. The van der Waals surface area contributed by atoms with Crippen LogP contribution in [0.25, 0.3) is 11.6 Å². The first kappa shape index (κ1) is 18.6. The van der Waals surface area contributed by atoms with E-state index in [1.807, 2.05) is 6.08 Å². The molecule has 3 rings (SSSR count). The van der Waals surface area contributed by atoms with Gasteiger partial charge >= 0.3 is 0 Å². The van der Waals surface area contributed by atoms with Gasteiger partial charge in [0.1, 0.15) is 5.75 Å². The van der Waals surface area contributed by atoms with E-state index in [2.05, 4.69) is 55.9 Å². The van der Waals surface area contributed by atoms with E-state index < -0.39 is 0 Å². The Balaban J connectivity index is 2.12. The second-order valence-electron chi connectivity index (χ2n) is 7.13. The maximum atomic E-state index is 12.5. The Hall–Kier alpha value is -2.21. The van der Waals surface area contributed by atoms with Crippen molar-refractivity contribution in [1.29, 1.82) is 0 Å². The Bertz CT molecular complexity index is 868. The van der Waals surface area contributed by atoms with E-state index in [0.29, 0.717) is 10.1 Å². The van der Waals surface area contributed by atoms with Crippen LogP contribution in [0, 0.1) is 0 Å². The van der Waals surface area contributed by atoms with Gasteiger partial charge in [0, 0.05) is 44.0 Å². The molecule has 0 aliphatic carbocycles. The fourth-order valence-electron chi connectivity index (χ4n) is 3.37. The molecule has 1 aromatic carbocycles. The van der Waals surface area contributed by atoms with Crippen LogP contribution in [-0.2, 0) is 4.79 Å². The number of anilines is 1.